The van der Waals surface area contributed by atoms with Gasteiger partial charge in [-0.25, -0.2) is 14.4 Å². The first-order valence-electron chi connectivity index (χ1n) is 12.8. The lowest BCUT2D eigenvalue weighted by atomic mass is 9.93. The largest absolute Gasteiger partial charge is 0.472 e. The molecule has 0 bridgehead atoms. The Morgan fingerprint density at radius 2 is 1.97 bits per heavy atom. The zero-order valence-corrected chi connectivity index (χ0v) is 21.2. The molecular weight excluding hydrogens is 445 g/mol. The van der Waals surface area contributed by atoms with Gasteiger partial charge in [-0.3, -0.25) is 4.68 Å². The normalized spacial score (nSPS) is 22.8. The topological polar surface area (TPSA) is 71.3 Å². The summed E-state index contributed by atoms with van der Waals surface area (Å²) in [5.41, 5.74) is 1.68. The molecule has 8 nitrogen and oxygen atoms in total. The van der Waals surface area contributed by atoms with Crippen molar-refractivity contribution in [2.24, 2.45) is 0 Å². The van der Waals surface area contributed by atoms with Crippen molar-refractivity contribution in [1.29, 1.82) is 0 Å². The van der Waals surface area contributed by atoms with Gasteiger partial charge in [0.2, 0.25) is 0 Å². The van der Waals surface area contributed by atoms with Crippen LogP contribution in [0.5, 0.6) is 5.88 Å². The third-order valence-electron chi connectivity index (χ3n) is 7.44. The second-order valence-electron chi connectivity index (χ2n) is 10.0. The molecular formula is C26H36FN7O. The van der Waals surface area contributed by atoms with Gasteiger partial charge in [0.05, 0.1) is 16.9 Å². The van der Waals surface area contributed by atoms with Crippen molar-refractivity contribution >= 4 is 22.5 Å². The van der Waals surface area contributed by atoms with Crippen molar-refractivity contribution in [3.63, 3.8) is 0 Å². The molecule has 1 atom stereocenters. The van der Waals surface area contributed by atoms with Gasteiger partial charge < -0.3 is 19.9 Å². The van der Waals surface area contributed by atoms with E-state index in [0.717, 1.165) is 74.3 Å². The molecule has 0 amide bonds. The number of nitrogens with one attached hydrogen (secondary N) is 1. The van der Waals surface area contributed by atoms with Crippen LogP contribution in [-0.4, -0.2) is 70.5 Å². The summed E-state index contributed by atoms with van der Waals surface area (Å²) in [4.78, 5) is 13.5. The number of hydrogen-bond donors (Lipinski definition) is 1. The summed E-state index contributed by atoms with van der Waals surface area (Å²) in [7, 11) is 4.29. The van der Waals surface area contributed by atoms with Crippen molar-refractivity contribution in [2.45, 2.75) is 64.1 Å². The monoisotopic (exact) mass is 481 g/mol. The quantitative estimate of drug-likeness (QED) is 0.536. The van der Waals surface area contributed by atoms with E-state index < -0.39 is 0 Å². The smallest absolute Gasteiger partial charge is 0.250 e. The number of aryl methyl sites for hydroxylation is 1. The average molecular weight is 482 g/mol. The number of nitrogens with zero attached hydrogens (tertiary/aromatic N) is 6. The van der Waals surface area contributed by atoms with Crippen LogP contribution in [0.4, 0.5) is 16.0 Å². The summed E-state index contributed by atoms with van der Waals surface area (Å²) in [5.74, 6) is 1.66. The van der Waals surface area contributed by atoms with Crippen LogP contribution >= 0.6 is 0 Å². The van der Waals surface area contributed by atoms with Crippen LogP contribution in [0.15, 0.2) is 24.5 Å². The number of anilines is 2. The van der Waals surface area contributed by atoms with Crippen LogP contribution in [0.25, 0.3) is 10.9 Å². The summed E-state index contributed by atoms with van der Waals surface area (Å²) < 4.78 is 22.5. The third-order valence-corrected chi connectivity index (χ3v) is 7.44. The maximum absolute atomic E-state index is 14.4. The van der Waals surface area contributed by atoms with Crippen LogP contribution in [0, 0.1) is 12.7 Å². The fourth-order valence-corrected chi connectivity index (χ4v) is 5.32. The second-order valence-corrected chi connectivity index (χ2v) is 10.0. The molecule has 9 heteroatoms. The fraction of sp³-hybridized carbons (Fsp3) is 0.577. The third kappa shape index (κ3) is 4.78. The minimum atomic E-state index is -0.359. The van der Waals surface area contributed by atoms with E-state index in [2.05, 4.69) is 56.9 Å². The lowest BCUT2D eigenvalue weighted by molar-refractivity contribution is 0.120. The number of aromatic nitrogens is 4. The molecule has 0 spiro atoms. The van der Waals surface area contributed by atoms with E-state index >= 15 is 0 Å². The standard InChI is InChI=1S/C26H36FN7O/c1-5-28-23-14-22-21(15-30-23)25(33-13-11-19(16-33)32(3)4)31-34(22)18-6-8-20(9-7-18)35-26-24(27)17(2)10-12-29-26/h10,12,14-15,18-20H,5-9,11,13,16H2,1-4H3,(H,28,30). The average Bonchev–Trinajstić information content (AvgIpc) is 3.48. The van der Waals surface area contributed by atoms with Crippen molar-refractivity contribution in [3.8, 4) is 5.88 Å². The summed E-state index contributed by atoms with van der Waals surface area (Å²) >= 11 is 0. The molecule has 188 valence electrons. The Bertz CT molecular complexity index is 1170. The highest BCUT2D eigenvalue weighted by Gasteiger charge is 2.31. The van der Waals surface area contributed by atoms with E-state index in [1.54, 1.807) is 19.2 Å². The Labute approximate surface area is 206 Å². The molecule has 0 radical (unpaired) electrons. The molecule has 1 aliphatic heterocycles. The number of rotatable bonds is 7. The molecule has 2 aliphatic rings. The highest BCUT2D eigenvalue weighted by molar-refractivity contribution is 5.91. The number of halogens is 1. The molecule has 1 aliphatic carbocycles. The number of hydrogen-bond acceptors (Lipinski definition) is 7. The predicted octanol–water partition coefficient (Wildman–Crippen LogP) is 4.41. The maximum atomic E-state index is 14.4. The maximum Gasteiger partial charge on any atom is 0.250 e. The van der Waals surface area contributed by atoms with Gasteiger partial charge in [-0.1, -0.05) is 0 Å². The minimum absolute atomic E-state index is 0.0326. The molecule has 1 N–H and O–H groups in total. The second kappa shape index (κ2) is 9.97. The Hall–Kier alpha value is -2.94. The van der Waals surface area contributed by atoms with Crippen LogP contribution < -0.4 is 15.0 Å². The Morgan fingerprint density at radius 1 is 1.17 bits per heavy atom. The molecule has 2 fully saturated rings. The molecule has 1 saturated heterocycles. The Kier molecular flexibility index (Phi) is 6.77. The van der Waals surface area contributed by atoms with Gasteiger partial charge in [0.1, 0.15) is 11.9 Å². The number of likely N-dealkylation sites (N-methyl/N-ethyl adjacent to an activating group) is 1. The van der Waals surface area contributed by atoms with E-state index in [-0.39, 0.29) is 23.8 Å². The first-order valence-corrected chi connectivity index (χ1v) is 12.8. The fourth-order valence-electron chi connectivity index (χ4n) is 5.32. The minimum Gasteiger partial charge on any atom is -0.472 e. The Morgan fingerprint density at radius 3 is 2.69 bits per heavy atom. The van der Waals surface area contributed by atoms with Crippen molar-refractivity contribution < 1.29 is 9.13 Å². The molecule has 1 unspecified atom stereocenters. The predicted molar refractivity (Wildman–Crippen MR) is 137 cm³/mol. The first-order chi connectivity index (χ1) is 16.9. The van der Waals surface area contributed by atoms with E-state index in [1.165, 1.54) is 0 Å². The molecule has 35 heavy (non-hydrogen) atoms. The molecule has 1 saturated carbocycles. The molecule has 0 aromatic carbocycles. The zero-order chi connectivity index (χ0) is 24.5. The van der Waals surface area contributed by atoms with Gasteiger partial charge in [0, 0.05) is 44.1 Å². The molecule has 4 heterocycles. The molecule has 3 aromatic heterocycles. The van der Waals surface area contributed by atoms with Crippen molar-refractivity contribution in [2.75, 3.05) is 43.9 Å². The number of ether oxygens (including phenoxy) is 1. The van der Waals surface area contributed by atoms with Crippen molar-refractivity contribution in [1.82, 2.24) is 24.6 Å². The van der Waals surface area contributed by atoms with Gasteiger partial charge >= 0.3 is 0 Å². The van der Waals surface area contributed by atoms with E-state index in [1.807, 2.05) is 6.20 Å². The lowest BCUT2D eigenvalue weighted by Gasteiger charge is -2.29. The van der Waals surface area contributed by atoms with Gasteiger partial charge in [-0.15, -0.1) is 0 Å². The highest BCUT2D eigenvalue weighted by Crippen LogP contribution is 2.37. The number of fused-ring (bicyclic) bond motifs is 1. The first kappa shape index (κ1) is 23.8. The summed E-state index contributed by atoms with van der Waals surface area (Å²) in [5, 5.41) is 9.61. The highest BCUT2D eigenvalue weighted by atomic mass is 19.1. The lowest BCUT2D eigenvalue weighted by Crippen LogP contribution is -2.31. The zero-order valence-electron chi connectivity index (χ0n) is 21.2. The SMILES string of the molecule is CCNc1cc2c(cn1)c(N1CCC(N(C)C)C1)nn2C1CCC(Oc2nccc(C)c2F)CC1. The molecule has 3 aromatic rings. The van der Waals surface area contributed by atoms with Crippen LogP contribution in [0.3, 0.4) is 0 Å². The van der Waals surface area contributed by atoms with Crippen LogP contribution in [0.1, 0.15) is 50.6 Å². The van der Waals surface area contributed by atoms with E-state index in [0.29, 0.717) is 11.6 Å². The van der Waals surface area contributed by atoms with Gasteiger partial charge in [-0.05, 0) is 71.7 Å². The Balaban J connectivity index is 1.37. The van der Waals surface area contributed by atoms with E-state index in [4.69, 9.17) is 9.84 Å². The van der Waals surface area contributed by atoms with Gasteiger partial charge in [-0.2, -0.15) is 5.10 Å². The summed E-state index contributed by atoms with van der Waals surface area (Å²) in [6.07, 6.45) is 8.20. The summed E-state index contributed by atoms with van der Waals surface area (Å²) in [6, 6.07) is 4.60. The molecule has 5 rings (SSSR count). The van der Waals surface area contributed by atoms with Crippen LogP contribution in [0.2, 0.25) is 0 Å². The van der Waals surface area contributed by atoms with Gasteiger partial charge in [0.15, 0.2) is 11.6 Å². The number of pyridine rings is 2. The van der Waals surface area contributed by atoms with Crippen molar-refractivity contribution in [3.05, 3.63) is 35.9 Å². The summed E-state index contributed by atoms with van der Waals surface area (Å²) in [6.45, 7) is 6.61. The van der Waals surface area contributed by atoms with Crippen LogP contribution in [-0.2, 0) is 0 Å². The van der Waals surface area contributed by atoms with Gasteiger partial charge in [0.25, 0.3) is 5.88 Å². The van der Waals surface area contributed by atoms with E-state index in [9.17, 15) is 4.39 Å².